The average Bonchev–Trinajstić information content (AvgIpc) is 3.13. The standard InChI is InChI=1S/C17H21N5/c1-13-4-6-22-15(11-20-17(22)8-13)10-18-9-14-2-3-16-19-5-7-21(16)12-14/h4-8,11,14,18H,2-3,9-10,12H2,1H3/t14-/m1/s1. The lowest BCUT2D eigenvalue weighted by Crippen LogP contribution is -2.30. The van der Waals surface area contributed by atoms with Crippen molar-refractivity contribution in [2.45, 2.75) is 32.9 Å². The molecule has 0 radical (unpaired) electrons. The summed E-state index contributed by atoms with van der Waals surface area (Å²) in [5.74, 6) is 1.91. The van der Waals surface area contributed by atoms with Gasteiger partial charge in [-0.1, -0.05) is 0 Å². The maximum Gasteiger partial charge on any atom is 0.137 e. The highest BCUT2D eigenvalue weighted by molar-refractivity contribution is 5.42. The Labute approximate surface area is 130 Å². The highest BCUT2D eigenvalue weighted by Crippen LogP contribution is 2.18. The summed E-state index contributed by atoms with van der Waals surface area (Å²) >= 11 is 0. The van der Waals surface area contributed by atoms with Gasteiger partial charge in [0, 0.05) is 44.6 Å². The number of hydrogen-bond donors (Lipinski definition) is 1. The van der Waals surface area contributed by atoms with Crippen molar-refractivity contribution in [2.75, 3.05) is 6.54 Å². The zero-order valence-corrected chi connectivity index (χ0v) is 12.9. The first kappa shape index (κ1) is 13.5. The fourth-order valence-corrected chi connectivity index (χ4v) is 3.27. The minimum absolute atomic E-state index is 0.683. The Hall–Kier alpha value is -2.14. The predicted molar refractivity (Wildman–Crippen MR) is 85.7 cm³/mol. The van der Waals surface area contributed by atoms with Crippen LogP contribution in [0.15, 0.2) is 36.9 Å². The second-order valence-corrected chi connectivity index (χ2v) is 6.21. The lowest BCUT2D eigenvalue weighted by atomic mass is 9.99. The van der Waals surface area contributed by atoms with Crippen molar-refractivity contribution in [2.24, 2.45) is 5.92 Å². The number of aromatic nitrogens is 4. The van der Waals surface area contributed by atoms with Crippen LogP contribution in [0, 0.1) is 12.8 Å². The van der Waals surface area contributed by atoms with Crippen LogP contribution in [0.1, 0.15) is 23.5 Å². The first-order chi connectivity index (χ1) is 10.8. The summed E-state index contributed by atoms with van der Waals surface area (Å²) in [6.45, 7) is 5.07. The first-order valence-corrected chi connectivity index (χ1v) is 7.93. The molecule has 114 valence electrons. The molecule has 5 nitrogen and oxygen atoms in total. The smallest absolute Gasteiger partial charge is 0.137 e. The lowest BCUT2D eigenvalue weighted by molar-refractivity contribution is 0.347. The van der Waals surface area contributed by atoms with Crippen LogP contribution < -0.4 is 5.32 Å². The van der Waals surface area contributed by atoms with Crippen LogP contribution in [0.3, 0.4) is 0 Å². The molecule has 1 atom stereocenters. The van der Waals surface area contributed by atoms with Crippen molar-refractivity contribution in [3.8, 4) is 0 Å². The van der Waals surface area contributed by atoms with Crippen LogP contribution in [0.2, 0.25) is 0 Å². The number of rotatable bonds is 4. The Balaban J connectivity index is 1.37. The van der Waals surface area contributed by atoms with E-state index >= 15 is 0 Å². The Morgan fingerprint density at radius 2 is 2.27 bits per heavy atom. The monoisotopic (exact) mass is 295 g/mol. The SMILES string of the molecule is Cc1ccn2c(CNC[C@H]3CCc4nccn4C3)cnc2c1. The average molecular weight is 295 g/mol. The third-order valence-corrected chi connectivity index (χ3v) is 4.52. The maximum atomic E-state index is 4.48. The van der Waals surface area contributed by atoms with Gasteiger partial charge in [0.1, 0.15) is 11.5 Å². The molecule has 1 N–H and O–H groups in total. The van der Waals surface area contributed by atoms with Gasteiger partial charge < -0.3 is 14.3 Å². The third-order valence-electron chi connectivity index (χ3n) is 4.52. The van der Waals surface area contributed by atoms with E-state index in [1.165, 1.54) is 23.5 Å². The van der Waals surface area contributed by atoms with Gasteiger partial charge in [-0.2, -0.15) is 0 Å². The Morgan fingerprint density at radius 3 is 3.23 bits per heavy atom. The molecule has 0 fully saturated rings. The van der Waals surface area contributed by atoms with Crippen LogP contribution in [-0.2, 0) is 19.5 Å². The van der Waals surface area contributed by atoms with E-state index in [9.17, 15) is 0 Å². The molecular formula is C17H21N5. The molecule has 1 aliphatic rings. The summed E-state index contributed by atoms with van der Waals surface area (Å²) < 4.78 is 4.45. The Morgan fingerprint density at radius 1 is 1.32 bits per heavy atom. The van der Waals surface area contributed by atoms with E-state index in [1.54, 1.807) is 0 Å². The Bertz CT molecular complexity index is 785. The number of fused-ring (bicyclic) bond motifs is 2. The van der Waals surface area contributed by atoms with Gasteiger partial charge in [0.05, 0.1) is 11.9 Å². The summed E-state index contributed by atoms with van der Waals surface area (Å²) in [4.78, 5) is 8.86. The molecule has 0 aliphatic carbocycles. The zero-order chi connectivity index (χ0) is 14.9. The van der Waals surface area contributed by atoms with E-state index in [-0.39, 0.29) is 0 Å². The van der Waals surface area contributed by atoms with Gasteiger partial charge in [0.25, 0.3) is 0 Å². The highest BCUT2D eigenvalue weighted by Gasteiger charge is 2.18. The highest BCUT2D eigenvalue weighted by atomic mass is 15.1. The molecule has 1 aliphatic heterocycles. The van der Waals surface area contributed by atoms with Crippen LogP contribution in [0.4, 0.5) is 0 Å². The molecule has 4 rings (SSSR count). The maximum absolute atomic E-state index is 4.48. The van der Waals surface area contributed by atoms with Gasteiger partial charge in [0.15, 0.2) is 0 Å². The molecule has 3 aromatic heterocycles. The van der Waals surface area contributed by atoms with E-state index in [0.29, 0.717) is 5.92 Å². The van der Waals surface area contributed by atoms with E-state index in [4.69, 9.17) is 0 Å². The number of imidazole rings is 2. The topological polar surface area (TPSA) is 47.1 Å². The normalized spacial score (nSPS) is 17.8. The fraction of sp³-hybridized carbons (Fsp3) is 0.412. The van der Waals surface area contributed by atoms with Crippen molar-refractivity contribution in [3.63, 3.8) is 0 Å². The molecule has 0 amide bonds. The van der Waals surface area contributed by atoms with E-state index in [1.807, 2.05) is 12.4 Å². The molecule has 3 aromatic rings. The van der Waals surface area contributed by atoms with Crippen molar-refractivity contribution < 1.29 is 0 Å². The second kappa shape index (κ2) is 5.57. The summed E-state index contributed by atoms with van der Waals surface area (Å²) in [5.41, 5.74) is 3.49. The lowest BCUT2D eigenvalue weighted by Gasteiger charge is -2.24. The molecule has 0 bridgehead atoms. The summed E-state index contributed by atoms with van der Waals surface area (Å²) in [6.07, 6.45) is 10.4. The largest absolute Gasteiger partial charge is 0.335 e. The fourth-order valence-electron chi connectivity index (χ4n) is 3.27. The molecule has 0 aromatic carbocycles. The van der Waals surface area contributed by atoms with E-state index in [0.717, 1.165) is 31.7 Å². The van der Waals surface area contributed by atoms with Crippen LogP contribution in [-0.4, -0.2) is 25.5 Å². The summed E-state index contributed by atoms with van der Waals surface area (Å²) in [6, 6.07) is 4.24. The summed E-state index contributed by atoms with van der Waals surface area (Å²) in [5, 5.41) is 3.59. The minimum atomic E-state index is 0.683. The first-order valence-electron chi connectivity index (χ1n) is 7.93. The third kappa shape index (κ3) is 2.52. The molecule has 22 heavy (non-hydrogen) atoms. The summed E-state index contributed by atoms with van der Waals surface area (Å²) in [7, 11) is 0. The predicted octanol–water partition coefficient (Wildman–Crippen LogP) is 2.19. The molecule has 0 saturated carbocycles. The Kier molecular flexibility index (Phi) is 3.42. The van der Waals surface area contributed by atoms with Gasteiger partial charge in [0.2, 0.25) is 0 Å². The van der Waals surface area contributed by atoms with E-state index < -0.39 is 0 Å². The second-order valence-electron chi connectivity index (χ2n) is 6.21. The van der Waals surface area contributed by atoms with Crippen LogP contribution in [0.5, 0.6) is 0 Å². The van der Waals surface area contributed by atoms with Gasteiger partial charge in [-0.25, -0.2) is 9.97 Å². The molecule has 0 saturated heterocycles. The van der Waals surface area contributed by atoms with Gasteiger partial charge in [-0.3, -0.25) is 0 Å². The van der Waals surface area contributed by atoms with Crippen molar-refractivity contribution in [3.05, 3.63) is 54.0 Å². The number of hydrogen-bond acceptors (Lipinski definition) is 3. The quantitative estimate of drug-likeness (QED) is 0.802. The number of aryl methyl sites for hydroxylation is 2. The van der Waals surface area contributed by atoms with Crippen molar-refractivity contribution in [1.29, 1.82) is 0 Å². The van der Waals surface area contributed by atoms with Gasteiger partial charge in [-0.05, 0) is 37.0 Å². The van der Waals surface area contributed by atoms with Crippen LogP contribution in [0.25, 0.3) is 5.65 Å². The number of nitrogens with one attached hydrogen (secondary N) is 1. The zero-order valence-electron chi connectivity index (χ0n) is 12.9. The van der Waals surface area contributed by atoms with Crippen molar-refractivity contribution >= 4 is 5.65 Å². The molecule has 0 unspecified atom stereocenters. The van der Waals surface area contributed by atoms with Crippen molar-refractivity contribution in [1.82, 2.24) is 24.3 Å². The van der Waals surface area contributed by atoms with E-state index in [2.05, 4.69) is 55.7 Å². The van der Waals surface area contributed by atoms with Gasteiger partial charge in [-0.15, -0.1) is 0 Å². The molecule has 4 heterocycles. The number of pyridine rings is 1. The molecule has 0 spiro atoms. The molecule has 5 heteroatoms. The minimum Gasteiger partial charge on any atom is -0.335 e. The number of nitrogens with zero attached hydrogens (tertiary/aromatic N) is 4. The van der Waals surface area contributed by atoms with Gasteiger partial charge >= 0.3 is 0 Å². The molecular weight excluding hydrogens is 274 g/mol. The van der Waals surface area contributed by atoms with Crippen LogP contribution >= 0.6 is 0 Å².